The molecule has 1 N–H and O–H groups in total. The van der Waals surface area contributed by atoms with Gasteiger partial charge in [0, 0.05) is 12.6 Å². The first-order valence-corrected chi connectivity index (χ1v) is 7.04. The number of nitrogens with one attached hydrogen (secondary N) is 1. The van der Waals surface area contributed by atoms with Crippen molar-refractivity contribution in [3.63, 3.8) is 0 Å². The molecular formula is C14H23FN2O2. The van der Waals surface area contributed by atoms with Crippen LogP contribution in [-0.2, 0) is 9.47 Å². The van der Waals surface area contributed by atoms with E-state index in [1.807, 2.05) is 18.7 Å². The van der Waals surface area contributed by atoms with Crippen molar-refractivity contribution in [1.29, 1.82) is 0 Å². The van der Waals surface area contributed by atoms with Gasteiger partial charge in [0.25, 0.3) is 0 Å². The molecule has 0 aromatic carbocycles. The lowest BCUT2D eigenvalue weighted by Crippen LogP contribution is -2.55. The van der Waals surface area contributed by atoms with Crippen molar-refractivity contribution in [2.24, 2.45) is 0 Å². The van der Waals surface area contributed by atoms with Crippen molar-refractivity contribution < 1.29 is 13.9 Å². The zero-order valence-corrected chi connectivity index (χ0v) is 11.9. The number of unbranched alkanes of at least 4 members (excludes halogenated alkanes) is 2. The molecule has 0 spiro atoms. The Labute approximate surface area is 114 Å². The minimum absolute atomic E-state index is 0.0480. The van der Waals surface area contributed by atoms with E-state index < -0.39 is 0 Å². The molecule has 1 fully saturated rings. The highest BCUT2D eigenvalue weighted by Gasteiger charge is 2.36. The zero-order valence-electron chi connectivity index (χ0n) is 11.9. The Hall–Kier alpha value is -1.23. The molecule has 2 unspecified atom stereocenters. The summed E-state index contributed by atoms with van der Waals surface area (Å²) in [6, 6.07) is 0. The minimum atomic E-state index is -0.232. The second kappa shape index (κ2) is 6.28. The number of halogens is 1. The Morgan fingerprint density at radius 3 is 2.68 bits per heavy atom. The number of hydrogen-bond acceptors (Lipinski definition) is 4. The third-order valence-corrected chi connectivity index (χ3v) is 3.45. The SMILES string of the molecule is CCCCCNC1=C(F)C=C(N2C(C)OC2C)OC1. The predicted molar refractivity (Wildman–Crippen MR) is 71.5 cm³/mol. The van der Waals surface area contributed by atoms with E-state index in [4.69, 9.17) is 9.47 Å². The molecular weight excluding hydrogens is 247 g/mol. The highest BCUT2D eigenvalue weighted by molar-refractivity contribution is 5.25. The first-order chi connectivity index (χ1) is 9.13. The quantitative estimate of drug-likeness (QED) is 0.753. The lowest BCUT2D eigenvalue weighted by molar-refractivity contribution is -0.267. The first-order valence-electron chi connectivity index (χ1n) is 7.04. The van der Waals surface area contributed by atoms with E-state index in [1.165, 1.54) is 6.08 Å². The van der Waals surface area contributed by atoms with Crippen molar-refractivity contribution >= 4 is 0 Å². The molecule has 5 heteroatoms. The van der Waals surface area contributed by atoms with Gasteiger partial charge in [-0.05, 0) is 20.3 Å². The fourth-order valence-electron chi connectivity index (χ4n) is 2.36. The van der Waals surface area contributed by atoms with Gasteiger partial charge in [0.05, 0.1) is 5.70 Å². The van der Waals surface area contributed by atoms with Crippen molar-refractivity contribution in [3.05, 3.63) is 23.5 Å². The molecule has 1 saturated heterocycles. The monoisotopic (exact) mass is 270 g/mol. The van der Waals surface area contributed by atoms with Crippen LogP contribution in [0.4, 0.5) is 4.39 Å². The minimum Gasteiger partial charge on any atom is -0.472 e. The van der Waals surface area contributed by atoms with Crippen LogP contribution in [0.5, 0.6) is 0 Å². The number of hydrogen-bond donors (Lipinski definition) is 1. The summed E-state index contributed by atoms with van der Waals surface area (Å²) in [7, 11) is 0. The first kappa shape index (κ1) is 14.2. The molecule has 2 aliphatic heterocycles. The summed E-state index contributed by atoms with van der Waals surface area (Å²) in [6.07, 6.45) is 4.72. The van der Waals surface area contributed by atoms with Crippen LogP contribution in [0, 0.1) is 0 Å². The van der Waals surface area contributed by atoms with Crippen LogP contribution in [0.1, 0.15) is 40.0 Å². The summed E-state index contributed by atoms with van der Waals surface area (Å²) >= 11 is 0. The Balaban J connectivity index is 1.91. The molecule has 2 atom stereocenters. The summed E-state index contributed by atoms with van der Waals surface area (Å²) < 4.78 is 25.0. The van der Waals surface area contributed by atoms with Gasteiger partial charge in [-0.2, -0.15) is 0 Å². The van der Waals surface area contributed by atoms with Crippen LogP contribution < -0.4 is 5.32 Å². The van der Waals surface area contributed by atoms with E-state index in [0.29, 0.717) is 11.6 Å². The summed E-state index contributed by atoms with van der Waals surface area (Å²) in [4.78, 5) is 1.92. The third-order valence-electron chi connectivity index (χ3n) is 3.45. The lowest BCUT2D eigenvalue weighted by Gasteiger charge is -2.47. The van der Waals surface area contributed by atoms with Gasteiger partial charge in [0.15, 0.2) is 11.7 Å². The van der Waals surface area contributed by atoms with Crippen LogP contribution in [-0.4, -0.2) is 30.5 Å². The lowest BCUT2D eigenvalue weighted by atomic mass is 10.2. The van der Waals surface area contributed by atoms with Crippen LogP contribution in [0.15, 0.2) is 23.5 Å². The molecule has 0 radical (unpaired) electrons. The average Bonchev–Trinajstić information content (AvgIpc) is 2.36. The summed E-state index contributed by atoms with van der Waals surface area (Å²) in [5.41, 5.74) is 0.543. The fraction of sp³-hybridized carbons (Fsp3) is 0.714. The van der Waals surface area contributed by atoms with Crippen molar-refractivity contribution in [1.82, 2.24) is 10.2 Å². The molecule has 4 nitrogen and oxygen atoms in total. The van der Waals surface area contributed by atoms with E-state index in [1.54, 1.807) is 0 Å². The van der Waals surface area contributed by atoms with Crippen LogP contribution >= 0.6 is 0 Å². The molecule has 0 aromatic rings. The highest BCUT2D eigenvalue weighted by atomic mass is 19.1. The van der Waals surface area contributed by atoms with E-state index in [2.05, 4.69) is 12.2 Å². The fourth-order valence-corrected chi connectivity index (χ4v) is 2.36. The van der Waals surface area contributed by atoms with Gasteiger partial charge in [-0.1, -0.05) is 19.8 Å². The summed E-state index contributed by atoms with van der Waals surface area (Å²) in [5, 5.41) is 3.11. The van der Waals surface area contributed by atoms with E-state index in [0.717, 1.165) is 25.8 Å². The largest absolute Gasteiger partial charge is 0.472 e. The number of allylic oxidation sites excluding steroid dienone is 2. The molecule has 2 aliphatic rings. The molecule has 19 heavy (non-hydrogen) atoms. The predicted octanol–water partition coefficient (Wildman–Crippen LogP) is 2.84. The Morgan fingerprint density at radius 1 is 1.37 bits per heavy atom. The highest BCUT2D eigenvalue weighted by Crippen LogP contribution is 2.30. The van der Waals surface area contributed by atoms with Gasteiger partial charge in [0.2, 0.25) is 0 Å². The topological polar surface area (TPSA) is 33.7 Å². The molecule has 0 saturated carbocycles. The molecule has 0 aliphatic carbocycles. The maximum atomic E-state index is 14.0. The van der Waals surface area contributed by atoms with E-state index in [-0.39, 0.29) is 24.9 Å². The molecule has 0 bridgehead atoms. The third kappa shape index (κ3) is 3.21. The van der Waals surface area contributed by atoms with Crippen molar-refractivity contribution in [2.45, 2.75) is 52.5 Å². The van der Waals surface area contributed by atoms with Gasteiger partial charge in [-0.25, -0.2) is 4.39 Å². The van der Waals surface area contributed by atoms with Gasteiger partial charge >= 0.3 is 0 Å². The summed E-state index contributed by atoms with van der Waals surface area (Å²) in [6.45, 7) is 7.05. The summed E-state index contributed by atoms with van der Waals surface area (Å²) in [5.74, 6) is 0.326. The second-order valence-corrected chi connectivity index (χ2v) is 4.97. The molecule has 0 aromatic heterocycles. The van der Waals surface area contributed by atoms with E-state index >= 15 is 0 Å². The smallest absolute Gasteiger partial charge is 0.196 e. The Kier molecular flexibility index (Phi) is 4.69. The molecule has 0 amide bonds. The number of rotatable bonds is 6. The maximum Gasteiger partial charge on any atom is 0.196 e. The maximum absolute atomic E-state index is 14.0. The molecule has 2 rings (SSSR count). The average molecular weight is 270 g/mol. The molecule has 108 valence electrons. The number of nitrogens with zero attached hydrogens (tertiary/aromatic N) is 1. The van der Waals surface area contributed by atoms with Gasteiger partial charge < -0.3 is 14.8 Å². The van der Waals surface area contributed by atoms with Crippen molar-refractivity contribution in [2.75, 3.05) is 13.2 Å². The second-order valence-electron chi connectivity index (χ2n) is 4.97. The van der Waals surface area contributed by atoms with Crippen LogP contribution in [0.3, 0.4) is 0 Å². The van der Waals surface area contributed by atoms with E-state index in [9.17, 15) is 4.39 Å². The van der Waals surface area contributed by atoms with Crippen molar-refractivity contribution in [3.8, 4) is 0 Å². The van der Waals surface area contributed by atoms with Crippen LogP contribution in [0.25, 0.3) is 0 Å². The van der Waals surface area contributed by atoms with Crippen LogP contribution in [0.2, 0.25) is 0 Å². The molecule has 2 heterocycles. The number of ether oxygens (including phenoxy) is 2. The normalized spacial score (nSPS) is 26.7. The van der Waals surface area contributed by atoms with Gasteiger partial charge in [-0.3, -0.25) is 4.90 Å². The standard InChI is InChI=1S/C14H23FN2O2/c1-4-5-6-7-16-13-9-18-14(8-12(13)15)17-10(2)19-11(17)3/h8,10-11,16H,4-7,9H2,1-3H3. The zero-order chi connectivity index (χ0) is 13.8. The Morgan fingerprint density at radius 2 is 2.11 bits per heavy atom. The van der Waals surface area contributed by atoms with Gasteiger partial charge in [0.1, 0.15) is 19.1 Å². The van der Waals surface area contributed by atoms with Gasteiger partial charge in [-0.15, -0.1) is 0 Å². The Bertz CT molecular complexity index is 374.